The molecule has 0 saturated heterocycles. The maximum Gasteiger partial charge on any atom is 0.0166 e. The van der Waals surface area contributed by atoms with Crippen molar-refractivity contribution in [1.82, 2.24) is 0 Å². The molecular formula is C20H41S. The van der Waals surface area contributed by atoms with Gasteiger partial charge in [0.15, 0.2) is 0 Å². The average Bonchev–Trinajstić information content (AvgIpc) is 2.50. The Balaban J connectivity index is 2.90. The van der Waals surface area contributed by atoms with E-state index in [1.807, 2.05) is 11.8 Å². The van der Waals surface area contributed by atoms with Gasteiger partial charge in [0, 0.05) is 5.75 Å². The van der Waals surface area contributed by atoms with E-state index in [9.17, 15) is 0 Å². The maximum absolute atomic E-state index is 2.44. The summed E-state index contributed by atoms with van der Waals surface area (Å²) in [6.45, 7) is 4.57. The quantitative estimate of drug-likeness (QED) is 0.230. The summed E-state index contributed by atoms with van der Waals surface area (Å²) >= 11 is 2.04. The zero-order chi connectivity index (χ0) is 15.4. The van der Waals surface area contributed by atoms with Crippen LogP contribution < -0.4 is 0 Å². The van der Waals surface area contributed by atoms with Crippen molar-refractivity contribution < 1.29 is 0 Å². The van der Waals surface area contributed by atoms with E-state index in [2.05, 4.69) is 19.6 Å². The Bertz CT molecular complexity index is 149. The van der Waals surface area contributed by atoms with E-state index in [0.717, 1.165) is 0 Å². The summed E-state index contributed by atoms with van der Waals surface area (Å²) in [4.78, 5) is 0. The van der Waals surface area contributed by atoms with E-state index < -0.39 is 0 Å². The molecule has 0 aliphatic heterocycles. The monoisotopic (exact) mass is 313 g/mol. The van der Waals surface area contributed by atoms with E-state index in [-0.39, 0.29) is 0 Å². The van der Waals surface area contributed by atoms with E-state index in [0.29, 0.717) is 0 Å². The van der Waals surface area contributed by atoms with Crippen LogP contribution in [0.4, 0.5) is 0 Å². The molecule has 0 nitrogen and oxygen atoms in total. The van der Waals surface area contributed by atoms with Gasteiger partial charge in [0.2, 0.25) is 0 Å². The van der Waals surface area contributed by atoms with Gasteiger partial charge in [-0.3, -0.25) is 0 Å². The molecule has 1 heteroatoms. The van der Waals surface area contributed by atoms with Crippen LogP contribution in [-0.4, -0.2) is 5.75 Å². The van der Waals surface area contributed by atoms with Gasteiger partial charge < -0.3 is 0 Å². The second-order valence-corrected chi connectivity index (χ2v) is 7.50. The predicted molar refractivity (Wildman–Crippen MR) is 102 cm³/mol. The number of hydrogen-bond donors (Lipinski definition) is 0. The molecule has 0 rings (SSSR count). The number of rotatable bonds is 18. The van der Waals surface area contributed by atoms with Crippen LogP contribution in [-0.2, 0) is 0 Å². The Morgan fingerprint density at radius 3 is 1.43 bits per heavy atom. The third-order valence-electron chi connectivity index (χ3n) is 4.16. The third-order valence-corrected chi connectivity index (χ3v) is 5.15. The SMILES string of the molecule is CCCCCCCCCCCCCCC[CH]SCCCC. The highest BCUT2D eigenvalue weighted by Crippen LogP contribution is 2.16. The second-order valence-electron chi connectivity index (χ2n) is 6.42. The van der Waals surface area contributed by atoms with E-state index >= 15 is 0 Å². The molecule has 0 aromatic heterocycles. The van der Waals surface area contributed by atoms with Gasteiger partial charge in [-0.2, -0.15) is 11.8 Å². The fourth-order valence-electron chi connectivity index (χ4n) is 2.64. The molecule has 0 unspecified atom stereocenters. The molecule has 1 radical (unpaired) electrons. The molecule has 0 aromatic carbocycles. The van der Waals surface area contributed by atoms with Gasteiger partial charge in [-0.25, -0.2) is 0 Å². The lowest BCUT2D eigenvalue weighted by atomic mass is 10.0. The fraction of sp³-hybridized carbons (Fsp3) is 0.950. The summed E-state index contributed by atoms with van der Waals surface area (Å²) < 4.78 is 0. The molecule has 0 amide bonds. The van der Waals surface area contributed by atoms with Crippen molar-refractivity contribution in [2.75, 3.05) is 5.75 Å². The maximum atomic E-state index is 2.44. The molecular weight excluding hydrogens is 272 g/mol. The summed E-state index contributed by atoms with van der Waals surface area (Å²) in [6, 6.07) is 0. The standard InChI is InChI=1S/C20H41S/c1-3-5-7-8-9-10-11-12-13-14-15-16-17-18-20-21-19-6-4-2/h20H,3-19H2,1-2H3. The van der Waals surface area contributed by atoms with Crippen molar-refractivity contribution in [3.63, 3.8) is 0 Å². The third kappa shape index (κ3) is 20.4. The minimum atomic E-state index is 1.33. The van der Waals surface area contributed by atoms with Gasteiger partial charge in [-0.15, -0.1) is 0 Å². The molecule has 0 atom stereocenters. The van der Waals surface area contributed by atoms with E-state index in [1.54, 1.807) is 0 Å². The smallest absolute Gasteiger partial charge is 0.0166 e. The zero-order valence-electron chi connectivity index (χ0n) is 15.0. The Morgan fingerprint density at radius 1 is 0.524 bits per heavy atom. The first-order valence-corrected chi connectivity index (χ1v) is 10.9. The highest BCUT2D eigenvalue weighted by molar-refractivity contribution is 8.01. The molecule has 0 N–H and O–H groups in total. The molecule has 0 aliphatic rings. The van der Waals surface area contributed by atoms with Crippen molar-refractivity contribution in [3.8, 4) is 0 Å². The minimum Gasteiger partial charge on any atom is -0.157 e. The Morgan fingerprint density at radius 2 is 0.952 bits per heavy atom. The summed E-state index contributed by atoms with van der Waals surface area (Å²) in [7, 11) is 0. The second kappa shape index (κ2) is 20.3. The fourth-order valence-corrected chi connectivity index (χ4v) is 3.60. The van der Waals surface area contributed by atoms with E-state index in [4.69, 9.17) is 0 Å². The predicted octanol–water partition coefficient (Wildman–Crippen LogP) is 8.16. The summed E-state index contributed by atoms with van der Waals surface area (Å²) in [5, 5.41) is 0. The number of thioether (sulfide) groups is 1. The Labute approximate surface area is 140 Å². The molecule has 21 heavy (non-hydrogen) atoms. The minimum absolute atomic E-state index is 1.33. The van der Waals surface area contributed by atoms with Gasteiger partial charge in [0.1, 0.15) is 0 Å². The lowest BCUT2D eigenvalue weighted by molar-refractivity contribution is 0.540. The van der Waals surface area contributed by atoms with Gasteiger partial charge >= 0.3 is 0 Å². The molecule has 0 fully saturated rings. The molecule has 127 valence electrons. The van der Waals surface area contributed by atoms with Crippen LogP contribution in [0.1, 0.15) is 117 Å². The normalized spacial score (nSPS) is 11.1. The molecule has 0 spiro atoms. The lowest BCUT2D eigenvalue weighted by Gasteiger charge is -2.03. The highest BCUT2D eigenvalue weighted by Gasteiger charge is 1.94. The average molecular weight is 314 g/mol. The zero-order valence-corrected chi connectivity index (χ0v) is 15.8. The molecule has 0 aromatic rings. The molecule has 0 saturated carbocycles. The van der Waals surface area contributed by atoms with Crippen LogP contribution in [0.15, 0.2) is 0 Å². The van der Waals surface area contributed by atoms with Crippen molar-refractivity contribution >= 4 is 11.8 Å². The first kappa shape index (κ1) is 21.4. The van der Waals surface area contributed by atoms with Gasteiger partial charge in [-0.1, -0.05) is 104 Å². The summed E-state index contributed by atoms with van der Waals surface area (Å²) in [5.74, 6) is 3.77. The Hall–Kier alpha value is 0.350. The van der Waals surface area contributed by atoms with Gasteiger partial charge in [0.25, 0.3) is 0 Å². The summed E-state index contributed by atoms with van der Waals surface area (Å²) in [5.41, 5.74) is 0. The first-order chi connectivity index (χ1) is 10.4. The number of unbranched alkanes of at least 4 members (excludes halogenated alkanes) is 14. The van der Waals surface area contributed by atoms with Crippen LogP contribution in [0.3, 0.4) is 0 Å². The van der Waals surface area contributed by atoms with Crippen LogP contribution in [0.2, 0.25) is 0 Å². The first-order valence-electron chi connectivity index (χ1n) is 9.85. The van der Waals surface area contributed by atoms with Crippen LogP contribution in [0.5, 0.6) is 0 Å². The van der Waals surface area contributed by atoms with Crippen LogP contribution >= 0.6 is 11.8 Å². The highest BCUT2D eigenvalue weighted by atomic mass is 32.2. The van der Waals surface area contributed by atoms with Crippen molar-refractivity contribution in [3.05, 3.63) is 5.75 Å². The number of hydrogen-bond acceptors (Lipinski definition) is 1. The van der Waals surface area contributed by atoms with Gasteiger partial charge in [0.05, 0.1) is 0 Å². The largest absolute Gasteiger partial charge is 0.157 e. The van der Waals surface area contributed by atoms with Crippen LogP contribution in [0, 0.1) is 5.75 Å². The van der Waals surface area contributed by atoms with E-state index in [1.165, 1.54) is 108 Å². The molecule has 0 bridgehead atoms. The topological polar surface area (TPSA) is 0 Å². The molecule has 0 heterocycles. The summed E-state index contributed by atoms with van der Waals surface area (Å²) in [6.07, 6.45) is 23.0. The van der Waals surface area contributed by atoms with Crippen molar-refractivity contribution in [2.45, 2.75) is 117 Å². The van der Waals surface area contributed by atoms with Gasteiger partial charge in [-0.05, 0) is 18.6 Å². The van der Waals surface area contributed by atoms with Crippen molar-refractivity contribution in [2.24, 2.45) is 0 Å². The van der Waals surface area contributed by atoms with Crippen LogP contribution in [0.25, 0.3) is 0 Å². The Kier molecular flexibility index (Phi) is 20.7. The van der Waals surface area contributed by atoms with Crippen molar-refractivity contribution in [1.29, 1.82) is 0 Å². The lowest BCUT2D eigenvalue weighted by Crippen LogP contribution is -1.83. The molecule has 0 aliphatic carbocycles.